The van der Waals surface area contributed by atoms with Gasteiger partial charge in [0.2, 0.25) is 5.95 Å². The fraction of sp³-hybridized carbons (Fsp3) is 0.393. The first kappa shape index (κ1) is 25.8. The Morgan fingerprint density at radius 2 is 1.64 bits per heavy atom. The molecule has 0 aliphatic carbocycles. The maximum absolute atomic E-state index is 15.1. The smallest absolute Gasteiger partial charge is 0.229 e. The summed E-state index contributed by atoms with van der Waals surface area (Å²) < 4.78 is 37.2. The molecule has 6 rings (SSSR count). The quantitative estimate of drug-likeness (QED) is 0.387. The number of halogens is 2. The lowest BCUT2D eigenvalue weighted by molar-refractivity contribution is 0.0332. The highest BCUT2D eigenvalue weighted by Crippen LogP contribution is 2.25. The van der Waals surface area contributed by atoms with E-state index in [9.17, 15) is 0 Å². The summed E-state index contributed by atoms with van der Waals surface area (Å²) >= 11 is 0. The average Bonchev–Trinajstić information content (AvgIpc) is 3.36. The van der Waals surface area contributed by atoms with E-state index in [1.165, 1.54) is 12.1 Å². The predicted molar refractivity (Wildman–Crippen MR) is 145 cm³/mol. The van der Waals surface area contributed by atoms with E-state index in [2.05, 4.69) is 37.1 Å². The van der Waals surface area contributed by atoms with Gasteiger partial charge in [-0.1, -0.05) is 0 Å². The largest absolute Gasteiger partial charge is 0.379 e. The number of ether oxygens (including phenoxy) is 1. The summed E-state index contributed by atoms with van der Waals surface area (Å²) in [5, 5.41) is 4.03. The molecule has 0 radical (unpaired) electrons. The lowest BCUT2D eigenvalue weighted by atomic mass is 10.1. The Morgan fingerprint density at radius 3 is 2.41 bits per heavy atom. The van der Waals surface area contributed by atoms with Crippen LogP contribution in [0.1, 0.15) is 11.3 Å². The van der Waals surface area contributed by atoms with Crippen molar-refractivity contribution in [3.05, 3.63) is 71.8 Å². The van der Waals surface area contributed by atoms with Crippen molar-refractivity contribution < 1.29 is 13.5 Å². The summed E-state index contributed by atoms with van der Waals surface area (Å²) in [6.07, 6.45) is 5.23. The molecule has 39 heavy (non-hydrogen) atoms. The lowest BCUT2D eigenvalue weighted by Gasteiger charge is -2.32. The molecule has 0 unspecified atom stereocenters. The van der Waals surface area contributed by atoms with Crippen molar-refractivity contribution >= 4 is 22.7 Å². The van der Waals surface area contributed by atoms with E-state index in [1.807, 2.05) is 23.1 Å². The van der Waals surface area contributed by atoms with Crippen LogP contribution in [0.15, 0.2) is 48.9 Å². The van der Waals surface area contributed by atoms with Crippen LogP contribution in [0, 0.1) is 11.6 Å². The van der Waals surface area contributed by atoms with Gasteiger partial charge in [-0.15, -0.1) is 0 Å². The Hall–Kier alpha value is -3.51. The van der Waals surface area contributed by atoms with Crippen molar-refractivity contribution in [3.63, 3.8) is 0 Å². The van der Waals surface area contributed by atoms with E-state index in [-0.39, 0.29) is 12.1 Å². The third-order valence-electron chi connectivity index (χ3n) is 7.37. The topological polar surface area (TPSA) is 74.6 Å². The van der Waals surface area contributed by atoms with E-state index < -0.39 is 11.6 Å². The second-order valence-corrected chi connectivity index (χ2v) is 10.2. The number of pyridine rings is 1. The van der Waals surface area contributed by atoms with Gasteiger partial charge in [-0.3, -0.25) is 14.8 Å². The molecule has 3 aromatic heterocycles. The van der Waals surface area contributed by atoms with Gasteiger partial charge in [-0.2, -0.15) is 4.98 Å². The summed E-state index contributed by atoms with van der Waals surface area (Å²) in [7, 11) is 2.14. The van der Waals surface area contributed by atoms with Crippen LogP contribution in [0.4, 0.5) is 20.4 Å². The number of rotatable bonds is 7. The second-order valence-electron chi connectivity index (χ2n) is 10.2. The first-order valence-corrected chi connectivity index (χ1v) is 13.3. The van der Waals surface area contributed by atoms with Crippen LogP contribution in [0.3, 0.4) is 0 Å². The molecule has 0 spiro atoms. The number of hydrogen-bond donors (Lipinski definition) is 1. The summed E-state index contributed by atoms with van der Waals surface area (Å²) in [4.78, 5) is 20.4. The number of hydrogen-bond acceptors (Lipinski definition) is 8. The van der Waals surface area contributed by atoms with Crippen LogP contribution < -0.4 is 5.32 Å². The molecular formula is C28H32F2N8O. The predicted octanol–water partition coefficient (Wildman–Crippen LogP) is 3.42. The summed E-state index contributed by atoms with van der Waals surface area (Å²) in [5.41, 5.74) is 2.79. The minimum Gasteiger partial charge on any atom is -0.379 e. The van der Waals surface area contributed by atoms with E-state index in [1.54, 1.807) is 23.2 Å². The normalized spacial score (nSPS) is 17.6. The number of fused-ring (bicyclic) bond motifs is 1. The maximum atomic E-state index is 15.1. The second kappa shape index (κ2) is 11.3. The van der Waals surface area contributed by atoms with Crippen molar-refractivity contribution in [1.82, 2.24) is 34.2 Å². The molecule has 0 amide bonds. The number of nitrogens with zero attached hydrogens (tertiary/aromatic N) is 7. The molecule has 2 aliphatic heterocycles. The zero-order chi connectivity index (χ0) is 26.8. The van der Waals surface area contributed by atoms with E-state index in [0.717, 1.165) is 49.5 Å². The van der Waals surface area contributed by atoms with Gasteiger partial charge in [0.25, 0.3) is 0 Å². The van der Waals surface area contributed by atoms with Crippen LogP contribution >= 0.6 is 0 Å². The lowest BCUT2D eigenvalue weighted by Crippen LogP contribution is -2.44. The van der Waals surface area contributed by atoms with Crippen LogP contribution in [-0.4, -0.2) is 93.7 Å². The van der Waals surface area contributed by atoms with E-state index in [0.29, 0.717) is 43.6 Å². The molecule has 204 valence electrons. The number of aromatic nitrogens is 4. The molecule has 1 N–H and O–H groups in total. The van der Waals surface area contributed by atoms with Gasteiger partial charge in [0.05, 0.1) is 24.6 Å². The molecule has 4 aromatic rings. The molecular weight excluding hydrogens is 502 g/mol. The SMILES string of the molecule is CN1CCN(Cc2cc(Nc3ncc4ccn(-c5cc(F)c(CN6CCOCC6)c(F)c5)c4n3)ccn2)CC1. The van der Waals surface area contributed by atoms with Crippen LogP contribution in [0.5, 0.6) is 0 Å². The third-order valence-corrected chi connectivity index (χ3v) is 7.37. The van der Waals surface area contributed by atoms with Crippen molar-refractivity contribution in [3.8, 4) is 5.69 Å². The Labute approximate surface area is 226 Å². The van der Waals surface area contributed by atoms with Crippen molar-refractivity contribution in [2.75, 3.05) is 64.8 Å². The number of likely N-dealkylation sites (N-methyl/N-ethyl adjacent to an activating group) is 1. The first-order valence-electron chi connectivity index (χ1n) is 13.3. The number of morpholine rings is 1. The Kier molecular flexibility index (Phi) is 7.47. The van der Waals surface area contributed by atoms with Crippen LogP contribution in [0.25, 0.3) is 16.7 Å². The molecule has 0 saturated carbocycles. The zero-order valence-corrected chi connectivity index (χ0v) is 22.0. The maximum Gasteiger partial charge on any atom is 0.229 e. The number of nitrogens with one attached hydrogen (secondary N) is 1. The molecule has 11 heteroatoms. The average molecular weight is 535 g/mol. The van der Waals surface area contributed by atoms with E-state index in [4.69, 9.17) is 4.74 Å². The van der Waals surface area contributed by atoms with Gasteiger partial charge in [0.15, 0.2) is 0 Å². The molecule has 0 atom stereocenters. The van der Waals surface area contributed by atoms with Crippen LogP contribution in [0.2, 0.25) is 0 Å². The highest BCUT2D eigenvalue weighted by atomic mass is 19.1. The number of anilines is 2. The minimum atomic E-state index is -0.574. The third kappa shape index (κ3) is 5.91. The van der Waals surface area contributed by atoms with Crippen molar-refractivity contribution in [1.29, 1.82) is 0 Å². The van der Waals surface area contributed by atoms with Gasteiger partial charge in [-0.05, 0) is 37.4 Å². The van der Waals surface area contributed by atoms with Crippen LogP contribution in [-0.2, 0) is 17.8 Å². The monoisotopic (exact) mass is 534 g/mol. The van der Waals surface area contributed by atoms with Gasteiger partial charge >= 0.3 is 0 Å². The Bertz CT molecular complexity index is 1420. The van der Waals surface area contributed by atoms with Gasteiger partial charge in [0.1, 0.15) is 17.3 Å². The zero-order valence-electron chi connectivity index (χ0n) is 22.0. The minimum absolute atomic E-state index is 0.0687. The number of benzene rings is 1. The van der Waals surface area contributed by atoms with Crippen molar-refractivity contribution in [2.45, 2.75) is 13.1 Å². The van der Waals surface area contributed by atoms with Gasteiger partial charge in [-0.25, -0.2) is 13.8 Å². The van der Waals surface area contributed by atoms with Crippen molar-refractivity contribution in [2.24, 2.45) is 0 Å². The fourth-order valence-corrected chi connectivity index (χ4v) is 5.06. The van der Waals surface area contributed by atoms with Gasteiger partial charge in [0, 0.05) is 87.6 Å². The molecule has 2 saturated heterocycles. The van der Waals surface area contributed by atoms with E-state index >= 15 is 8.78 Å². The Balaban J connectivity index is 1.21. The molecule has 0 bridgehead atoms. The van der Waals surface area contributed by atoms with Gasteiger partial charge < -0.3 is 19.5 Å². The summed E-state index contributed by atoms with van der Waals surface area (Å²) in [5.74, 6) is -0.755. The molecule has 2 fully saturated rings. The fourth-order valence-electron chi connectivity index (χ4n) is 5.06. The molecule has 2 aliphatic rings. The molecule has 9 nitrogen and oxygen atoms in total. The Morgan fingerprint density at radius 1 is 0.897 bits per heavy atom. The standard InChI is InChI=1S/C28H32F2N8O/c1-35-6-8-36(9-7-35)18-22-14-21(2-4-31-22)33-28-32-17-20-3-5-38(27(20)34-28)23-15-25(29)24(26(30)16-23)19-37-10-12-39-13-11-37/h2-5,14-17H,6-13,18-19H2,1H3,(H,31,32,33,34). The summed E-state index contributed by atoms with van der Waals surface area (Å²) in [6, 6.07) is 8.43. The first-order chi connectivity index (χ1) is 19.0. The molecule has 5 heterocycles. The number of piperazine rings is 1. The highest BCUT2D eigenvalue weighted by molar-refractivity contribution is 5.78. The molecule has 1 aromatic carbocycles. The highest BCUT2D eigenvalue weighted by Gasteiger charge is 2.19. The summed E-state index contributed by atoms with van der Waals surface area (Å²) in [6.45, 7) is 7.59.